The first-order valence-corrected chi connectivity index (χ1v) is 9.78. The van der Waals surface area contributed by atoms with E-state index in [1.165, 1.54) is 13.3 Å². The Morgan fingerprint density at radius 1 is 1.38 bits per heavy atom. The van der Waals surface area contributed by atoms with Crippen molar-refractivity contribution in [2.45, 2.75) is 31.0 Å². The molecular formula is C20H22FN3O5. The smallest absolute Gasteiger partial charge is 0.341 e. The fraction of sp³-hybridized carbons (Fsp3) is 0.500. The molecule has 1 aromatic carbocycles. The molecule has 2 N–H and O–H groups in total. The molecule has 0 radical (unpaired) electrons. The number of methoxy groups -OCH3 is 1. The minimum atomic E-state index is -1.32. The summed E-state index contributed by atoms with van der Waals surface area (Å²) in [7, 11) is 1.45. The maximum atomic E-state index is 15.3. The number of pyridine rings is 1. The number of carbonyl (C=O) groups is 1. The van der Waals surface area contributed by atoms with Gasteiger partial charge in [0.05, 0.1) is 36.8 Å². The van der Waals surface area contributed by atoms with E-state index in [1.54, 1.807) is 4.57 Å². The number of anilines is 1. The number of benzene rings is 1. The second-order valence-electron chi connectivity index (χ2n) is 7.83. The van der Waals surface area contributed by atoms with Crippen molar-refractivity contribution in [3.63, 3.8) is 0 Å². The highest BCUT2D eigenvalue weighted by molar-refractivity contribution is 5.97. The van der Waals surface area contributed by atoms with Gasteiger partial charge in [0.2, 0.25) is 5.43 Å². The van der Waals surface area contributed by atoms with E-state index in [0.29, 0.717) is 25.2 Å². The van der Waals surface area contributed by atoms with Gasteiger partial charge in [-0.2, -0.15) is 0 Å². The summed E-state index contributed by atoms with van der Waals surface area (Å²) in [6.07, 6.45) is 3.07. The Balaban J connectivity index is 1.73. The summed E-state index contributed by atoms with van der Waals surface area (Å²) < 4.78 is 28.5. The first kappa shape index (κ1) is 18.4. The molecule has 0 amide bonds. The summed E-state index contributed by atoms with van der Waals surface area (Å²) in [6.45, 7) is 2.44. The number of nitrogens with one attached hydrogen (secondary N) is 1. The monoisotopic (exact) mass is 403 g/mol. The molecular weight excluding hydrogens is 381 g/mol. The van der Waals surface area contributed by atoms with E-state index in [9.17, 15) is 14.7 Å². The van der Waals surface area contributed by atoms with Crippen molar-refractivity contribution in [1.82, 2.24) is 9.88 Å². The molecule has 2 saturated heterocycles. The normalized spacial score (nSPS) is 24.0. The number of rotatable bonds is 4. The zero-order valence-electron chi connectivity index (χ0n) is 16.0. The Bertz CT molecular complexity index is 1050. The van der Waals surface area contributed by atoms with E-state index in [4.69, 9.17) is 9.47 Å². The molecule has 2 aromatic rings. The van der Waals surface area contributed by atoms with Gasteiger partial charge in [-0.3, -0.25) is 4.79 Å². The van der Waals surface area contributed by atoms with Gasteiger partial charge in [0.25, 0.3) is 0 Å². The van der Waals surface area contributed by atoms with Crippen LogP contribution in [0.25, 0.3) is 10.9 Å². The fourth-order valence-corrected chi connectivity index (χ4v) is 4.50. The van der Waals surface area contributed by atoms with Crippen LogP contribution in [0.4, 0.5) is 10.1 Å². The van der Waals surface area contributed by atoms with E-state index in [2.05, 4.69) is 5.32 Å². The topological polar surface area (TPSA) is 93.0 Å². The average Bonchev–Trinajstić information content (AvgIpc) is 3.45. The highest BCUT2D eigenvalue weighted by atomic mass is 19.1. The summed E-state index contributed by atoms with van der Waals surface area (Å²) in [5, 5.41) is 12.8. The number of halogens is 1. The second kappa shape index (κ2) is 6.70. The lowest BCUT2D eigenvalue weighted by atomic mass is 10.1. The standard InChI is InChI=1S/C20H22FN3O5/c1-28-19-16-11(18(25)12(20(26)27)7-24(16)10-2-3-10)6-13(21)17(19)23-8-14-15(9-23)29-5-4-22-14/h6-7,10,14-15,22H,2-5,8-9H2,1H3,(H,26,27)/t14-,15+/m0/s1. The molecule has 29 heavy (non-hydrogen) atoms. The quantitative estimate of drug-likeness (QED) is 0.796. The molecule has 1 saturated carbocycles. The number of carboxylic acid groups (broad SMARTS) is 1. The van der Waals surface area contributed by atoms with Gasteiger partial charge in [-0.05, 0) is 18.9 Å². The van der Waals surface area contributed by atoms with E-state index in [-0.39, 0.29) is 40.6 Å². The molecule has 0 spiro atoms. The van der Waals surface area contributed by atoms with Crippen LogP contribution < -0.4 is 20.4 Å². The lowest BCUT2D eigenvalue weighted by Gasteiger charge is -2.25. The van der Waals surface area contributed by atoms with Gasteiger partial charge in [0.1, 0.15) is 11.3 Å². The predicted octanol–water partition coefficient (Wildman–Crippen LogP) is 1.36. The highest BCUT2D eigenvalue weighted by Crippen LogP contribution is 2.44. The minimum Gasteiger partial charge on any atom is -0.492 e. The van der Waals surface area contributed by atoms with Crippen LogP contribution in [0.2, 0.25) is 0 Å². The van der Waals surface area contributed by atoms with Crippen LogP contribution in [-0.4, -0.2) is 61.1 Å². The van der Waals surface area contributed by atoms with E-state index in [1.807, 2.05) is 4.90 Å². The molecule has 3 fully saturated rings. The first-order valence-electron chi connectivity index (χ1n) is 9.78. The van der Waals surface area contributed by atoms with Gasteiger partial charge in [-0.15, -0.1) is 0 Å². The largest absolute Gasteiger partial charge is 0.492 e. The van der Waals surface area contributed by atoms with Crippen molar-refractivity contribution in [3.8, 4) is 5.75 Å². The Labute approximate surface area is 165 Å². The SMILES string of the molecule is COc1c(N2C[C@@H]3NCCO[C@@H]3C2)c(F)cc2c(=O)c(C(=O)O)cn(C3CC3)c12. The van der Waals surface area contributed by atoms with Gasteiger partial charge in [0.15, 0.2) is 11.6 Å². The van der Waals surface area contributed by atoms with E-state index >= 15 is 4.39 Å². The summed E-state index contributed by atoms with van der Waals surface area (Å²) in [4.78, 5) is 26.2. The third-order valence-corrected chi connectivity index (χ3v) is 6.00. The summed E-state index contributed by atoms with van der Waals surface area (Å²) in [5.74, 6) is -1.66. The molecule has 3 heterocycles. The zero-order valence-corrected chi connectivity index (χ0v) is 16.0. The minimum absolute atomic E-state index is 0.0286. The van der Waals surface area contributed by atoms with Crippen molar-refractivity contribution in [3.05, 3.63) is 33.9 Å². The molecule has 154 valence electrons. The molecule has 2 aliphatic heterocycles. The Morgan fingerprint density at radius 2 is 2.17 bits per heavy atom. The maximum Gasteiger partial charge on any atom is 0.341 e. The van der Waals surface area contributed by atoms with Crippen LogP contribution in [0.1, 0.15) is 29.2 Å². The third-order valence-electron chi connectivity index (χ3n) is 6.00. The third kappa shape index (κ3) is 2.87. The van der Waals surface area contributed by atoms with Crippen molar-refractivity contribution >= 4 is 22.6 Å². The molecule has 2 atom stereocenters. The number of morpholine rings is 1. The van der Waals surface area contributed by atoms with Crippen LogP contribution in [0.15, 0.2) is 17.1 Å². The van der Waals surface area contributed by atoms with Crippen LogP contribution in [-0.2, 0) is 4.74 Å². The lowest BCUT2D eigenvalue weighted by Crippen LogP contribution is -2.47. The summed E-state index contributed by atoms with van der Waals surface area (Å²) in [5.41, 5.74) is -0.321. The van der Waals surface area contributed by atoms with Crippen LogP contribution >= 0.6 is 0 Å². The van der Waals surface area contributed by atoms with E-state index < -0.39 is 17.2 Å². The first-order chi connectivity index (χ1) is 14.0. The van der Waals surface area contributed by atoms with E-state index in [0.717, 1.165) is 25.5 Å². The summed E-state index contributed by atoms with van der Waals surface area (Å²) >= 11 is 0. The number of ether oxygens (including phenoxy) is 2. The van der Waals surface area contributed by atoms with Crippen LogP contribution in [0, 0.1) is 5.82 Å². The van der Waals surface area contributed by atoms with Gasteiger partial charge in [-0.25, -0.2) is 9.18 Å². The number of fused-ring (bicyclic) bond motifs is 2. The Hall–Kier alpha value is -2.65. The van der Waals surface area contributed by atoms with Crippen LogP contribution in [0.5, 0.6) is 5.75 Å². The maximum absolute atomic E-state index is 15.3. The molecule has 8 nitrogen and oxygen atoms in total. The highest BCUT2D eigenvalue weighted by Gasteiger charge is 2.39. The van der Waals surface area contributed by atoms with Crippen molar-refractivity contribution in [2.75, 3.05) is 38.3 Å². The molecule has 1 aromatic heterocycles. The van der Waals surface area contributed by atoms with Gasteiger partial charge in [0, 0.05) is 31.9 Å². The number of aromatic nitrogens is 1. The zero-order chi connectivity index (χ0) is 20.3. The number of aromatic carboxylic acids is 1. The molecule has 0 unspecified atom stereocenters. The van der Waals surface area contributed by atoms with Crippen molar-refractivity contribution in [2.24, 2.45) is 0 Å². The Morgan fingerprint density at radius 3 is 2.83 bits per heavy atom. The molecule has 0 bridgehead atoms. The Kier molecular flexibility index (Phi) is 4.25. The molecule has 1 aliphatic carbocycles. The van der Waals surface area contributed by atoms with Crippen molar-refractivity contribution < 1.29 is 23.8 Å². The van der Waals surface area contributed by atoms with Crippen molar-refractivity contribution in [1.29, 1.82) is 0 Å². The van der Waals surface area contributed by atoms with Gasteiger partial charge < -0.3 is 29.4 Å². The second-order valence-corrected chi connectivity index (χ2v) is 7.83. The molecule has 5 rings (SSSR count). The molecule has 9 heteroatoms. The van der Waals surface area contributed by atoms with Gasteiger partial charge in [-0.1, -0.05) is 0 Å². The number of nitrogens with zero attached hydrogens (tertiary/aromatic N) is 2. The fourth-order valence-electron chi connectivity index (χ4n) is 4.50. The lowest BCUT2D eigenvalue weighted by molar-refractivity contribution is 0.0212. The number of carboxylic acids is 1. The van der Waals surface area contributed by atoms with Gasteiger partial charge >= 0.3 is 5.97 Å². The number of hydrogen-bond acceptors (Lipinski definition) is 6. The summed E-state index contributed by atoms with van der Waals surface area (Å²) in [6, 6.07) is 1.33. The predicted molar refractivity (Wildman–Crippen MR) is 104 cm³/mol. The average molecular weight is 403 g/mol. The molecule has 3 aliphatic rings. The van der Waals surface area contributed by atoms with Crippen LogP contribution in [0.3, 0.4) is 0 Å². The number of hydrogen-bond donors (Lipinski definition) is 2.